The summed E-state index contributed by atoms with van der Waals surface area (Å²) < 4.78 is 16.5. The maximum absolute atomic E-state index is 10.6. The molecule has 1 heterocycles. The first kappa shape index (κ1) is 16.1. The standard InChI is InChI=1S/C18H19ClO4/c1-21-14-7-12-9-23-10-15(20)17(18(12)16(8-14)22-2)11-3-5-13(19)6-4-11/h3-8,15,17,20H,9-10H2,1-2H3/t15-,17+/m0/s1. The highest BCUT2D eigenvalue weighted by molar-refractivity contribution is 6.30. The lowest BCUT2D eigenvalue weighted by Gasteiger charge is -2.25. The van der Waals surface area contributed by atoms with Crippen LogP contribution in [0.15, 0.2) is 36.4 Å². The zero-order valence-corrected chi connectivity index (χ0v) is 13.8. The van der Waals surface area contributed by atoms with Crippen molar-refractivity contribution in [1.82, 2.24) is 0 Å². The molecule has 5 heteroatoms. The van der Waals surface area contributed by atoms with E-state index < -0.39 is 6.10 Å². The van der Waals surface area contributed by atoms with Gasteiger partial charge in [0.05, 0.1) is 33.5 Å². The molecule has 1 N–H and O–H groups in total. The summed E-state index contributed by atoms with van der Waals surface area (Å²) in [5, 5.41) is 11.3. The lowest BCUT2D eigenvalue weighted by Crippen LogP contribution is -2.23. The maximum Gasteiger partial charge on any atom is 0.126 e. The molecular formula is C18H19ClO4. The van der Waals surface area contributed by atoms with Gasteiger partial charge in [-0.15, -0.1) is 0 Å². The van der Waals surface area contributed by atoms with E-state index in [1.807, 2.05) is 36.4 Å². The molecule has 0 amide bonds. The van der Waals surface area contributed by atoms with Crippen molar-refractivity contribution in [3.8, 4) is 11.5 Å². The van der Waals surface area contributed by atoms with Crippen molar-refractivity contribution in [3.05, 3.63) is 58.1 Å². The number of hydrogen-bond donors (Lipinski definition) is 1. The molecule has 0 bridgehead atoms. The van der Waals surface area contributed by atoms with E-state index in [9.17, 15) is 5.11 Å². The Labute approximate surface area is 140 Å². The normalized spacial score (nSPS) is 20.5. The Bertz CT molecular complexity index is 684. The molecule has 1 aliphatic heterocycles. The van der Waals surface area contributed by atoms with Gasteiger partial charge in [0, 0.05) is 22.6 Å². The van der Waals surface area contributed by atoms with Gasteiger partial charge >= 0.3 is 0 Å². The Morgan fingerprint density at radius 1 is 1.13 bits per heavy atom. The van der Waals surface area contributed by atoms with Crippen molar-refractivity contribution in [1.29, 1.82) is 0 Å². The third-order valence-electron chi connectivity index (χ3n) is 4.13. The van der Waals surface area contributed by atoms with Crippen LogP contribution in [0.1, 0.15) is 22.6 Å². The summed E-state index contributed by atoms with van der Waals surface area (Å²) in [7, 11) is 3.23. The van der Waals surface area contributed by atoms with Crippen molar-refractivity contribution in [2.24, 2.45) is 0 Å². The minimum absolute atomic E-state index is 0.245. The predicted octanol–water partition coefficient (Wildman–Crippen LogP) is 3.38. The summed E-state index contributed by atoms with van der Waals surface area (Å²) in [6.45, 7) is 0.664. The average molecular weight is 335 g/mol. The third kappa shape index (κ3) is 3.15. The number of aliphatic hydroxyl groups is 1. The van der Waals surface area contributed by atoms with E-state index in [1.54, 1.807) is 14.2 Å². The van der Waals surface area contributed by atoms with Crippen molar-refractivity contribution in [2.75, 3.05) is 20.8 Å². The van der Waals surface area contributed by atoms with Crippen LogP contribution in [0.4, 0.5) is 0 Å². The van der Waals surface area contributed by atoms with Crippen LogP contribution in [-0.4, -0.2) is 32.0 Å². The minimum atomic E-state index is -0.667. The van der Waals surface area contributed by atoms with Crippen LogP contribution in [0.25, 0.3) is 0 Å². The first-order valence-electron chi connectivity index (χ1n) is 7.40. The monoisotopic (exact) mass is 334 g/mol. The van der Waals surface area contributed by atoms with Crippen molar-refractivity contribution < 1.29 is 19.3 Å². The zero-order chi connectivity index (χ0) is 16.4. The van der Waals surface area contributed by atoms with Crippen LogP contribution < -0.4 is 9.47 Å². The molecule has 122 valence electrons. The molecule has 0 saturated carbocycles. The Morgan fingerprint density at radius 2 is 1.87 bits per heavy atom. The summed E-state index contributed by atoms with van der Waals surface area (Å²) in [4.78, 5) is 0. The van der Waals surface area contributed by atoms with E-state index in [4.69, 9.17) is 25.8 Å². The molecule has 4 nitrogen and oxygen atoms in total. The molecule has 0 aromatic heterocycles. The molecule has 0 radical (unpaired) electrons. The fraction of sp³-hybridized carbons (Fsp3) is 0.333. The number of rotatable bonds is 3. The number of benzene rings is 2. The zero-order valence-electron chi connectivity index (χ0n) is 13.1. The molecule has 1 aliphatic rings. The van der Waals surface area contributed by atoms with Gasteiger partial charge in [-0.1, -0.05) is 23.7 Å². The number of methoxy groups -OCH3 is 2. The maximum atomic E-state index is 10.6. The van der Waals surface area contributed by atoms with Gasteiger partial charge in [-0.05, 0) is 29.3 Å². The van der Waals surface area contributed by atoms with Gasteiger partial charge in [0.25, 0.3) is 0 Å². The first-order valence-corrected chi connectivity index (χ1v) is 7.78. The second-order valence-electron chi connectivity index (χ2n) is 5.51. The second kappa shape index (κ2) is 6.79. The van der Waals surface area contributed by atoms with Crippen LogP contribution in [-0.2, 0) is 11.3 Å². The number of ether oxygens (including phenoxy) is 3. The van der Waals surface area contributed by atoms with Gasteiger partial charge in [-0.2, -0.15) is 0 Å². The van der Waals surface area contributed by atoms with Crippen molar-refractivity contribution in [3.63, 3.8) is 0 Å². The molecule has 0 unspecified atom stereocenters. The van der Waals surface area contributed by atoms with Crippen LogP contribution in [0.5, 0.6) is 11.5 Å². The fourth-order valence-electron chi connectivity index (χ4n) is 3.05. The molecule has 2 aromatic carbocycles. The highest BCUT2D eigenvalue weighted by atomic mass is 35.5. The predicted molar refractivity (Wildman–Crippen MR) is 88.5 cm³/mol. The van der Waals surface area contributed by atoms with Crippen LogP contribution in [0.3, 0.4) is 0 Å². The molecule has 0 saturated heterocycles. The van der Waals surface area contributed by atoms with Gasteiger partial charge < -0.3 is 19.3 Å². The second-order valence-corrected chi connectivity index (χ2v) is 5.95. The van der Waals surface area contributed by atoms with Crippen LogP contribution in [0, 0.1) is 0 Å². The van der Waals surface area contributed by atoms with E-state index in [0.29, 0.717) is 23.1 Å². The summed E-state index contributed by atoms with van der Waals surface area (Å²) in [6.07, 6.45) is -0.667. The Morgan fingerprint density at radius 3 is 2.52 bits per heavy atom. The van der Waals surface area contributed by atoms with Gasteiger partial charge in [0.15, 0.2) is 0 Å². The summed E-state index contributed by atoms with van der Waals surface area (Å²) in [5.41, 5.74) is 2.86. The van der Waals surface area contributed by atoms with Crippen LogP contribution in [0.2, 0.25) is 5.02 Å². The summed E-state index contributed by atoms with van der Waals surface area (Å²) in [6, 6.07) is 11.3. The molecule has 2 atom stereocenters. The topological polar surface area (TPSA) is 47.9 Å². The number of fused-ring (bicyclic) bond motifs is 1. The van der Waals surface area contributed by atoms with Crippen molar-refractivity contribution in [2.45, 2.75) is 18.6 Å². The van der Waals surface area contributed by atoms with E-state index in [-0.39, 0.29) is 12.5 Å². The Balaban J connectivity index is 2.18. The molecule has 0 spiro atoms. The molecule has 23 heavy (non-hydrogen) atoms. The quantitative estimate of drug-likeness (QED) is 0.934. The largest absolute Gasteiger partial charge is 0.497 e. The van der Waals surface area contributed by atoms with E-state index in [1.165, 1.54) is 0 Å². The number of hydrogen-bond acceptors (Lipinski definition) is 4. The average Bonchev–Trinajstić information content (AvgIpc) is 2.73. The fourth-order valence-corrected chi connectivity index (χ4v) is 3.18. The molecular weight excluding hydrogens is 316 g/mol. The number of aliphatic hydroxyl groups excluding tert-OH is 1. The Kier molecular flexibility index (Phi) is 4.76. The van der Waals surface area contributed by atoms with E-state index in [0.717, 1.165) is 16.7 Å². The molecule has 0 aliphatic carbocycles. The highest BCUT2D eigenvalue weighted by Gasteiger charge is 2.31. The van der Waals surface area contributed by atoms with Gasteiger partial charge in [0.1, 0.15) is 11.5 Å². The molecule has 0 fully saturated rings. The molecule has 2 aromatic rings. The first-order chi connectivity index (χ1) is 11.1. The van der Waals surface area contributed by atoms with E-state index in [2.05, 4.69) is 0 Å². The van der Waals surface area contributed by atoms with Gasteiger partial charge in [-0.3, -0.25) is 0 Å². The lowest BCUT2D eigenvalue weighted by atomic mass is 9.84. The van der Waals surface area contributed by atoms with Gasteiger partial charge in [0.2, 0.25) is 0 Å². The molecule has 3 rings (SSSR count). The van der Waals surface area contributed by atoms with E-state index >= 15 is 0 Å². The van der Waals surface area contributed by atoms with Gasteiger partial charge in [-0.25, -0.2) is 0 Å². The number of halogens is 1. The van der Waals surface area contributed by atoms with Crippen LogP contribution >= 0.6 is 11.6 Å². The summed E-state index contributed by atoms with van der Waals surface area (Å²) in [5.74, 6) is 1.14. The smallest absolute Gasteiger partial charge is 0.126 e. The lowest BCUT2D eigenvalue weighted by molar-refractivity contribution is 0.0296. The third-order valence-corrected chi connectivity index (χ3v) is 4.38. The minimum Gasteiger partial charge on any atom is -0.497 e. The highest BCUT2D eigenvalue weighted by Crippen LogP contribution is 2.41. The Hall–Kier alpha value is -1.75. The van der Waals surface area contributed by atoms with Crippen molar-refractivity contribution >= 4 is 11.6 Å². The summed E-state index contributed by atoms with van der Waals surface area (Å²) >= 11 is 5.99. The SMILES string of the molecule is COc1cc2c(c(OC)c1)[C@H](c1ccc(Cl)cc1)[C@@H](O)COC2.